The van der Waals surface area contributed by atoms with Gasteiger partial charge in [0.25, 0.3) is 0 Å². The Labute approximate surface area is 146 Å². The van der Waals surface area contributed by atoms with Gasteiger partial charge >= 0.3 is 16.1 Å². The fourth-order valence-corrected chi connectivity index (χ4v) is 2.43. The highest BCUT2D eigenvalue weighted by atomic mass is 32.2. The van der Waals surface area contributed by atoms with Crippen molar-refractivity contribution < 1.29 is 17.4 Å². The van der Waals surface area contributed by atoms with Crippen LogP contribution in [0.2, 0.25) is 0 Å². The van der Waals surface area contributed by atoms with E-state index in [1.165, 1.54) is 19.1 Å². The SMILES string of the molecule is CCC=C(C)C(=O)OS(=O)(=O)c1ccc(C)cc1.CCN(C)CC. The van der Waals surface area contributed by atoms with Gasteiger partial charge in [0.2, 0.25) is 0 Å². The molecule has 5 nitrogen and oxygen atoms in total. The number of hydrogen-bond donors (Lipinski definition) is 0. The summed E-state index contributed by atoms with van der Waals surface area (Å²) < 4.78 is 28.1. The van der Waals surface area contributed by atoms with E-state index >= 15 is 0 Å². The van der Waals surface area contributed by atoms with E-state index in [1.807, 2.05) is 13.8 Å². The van der Waals surface area contributed by atoms with E-state index in [0.29, 0.717) is 6.42 Å². The van der Waals surface area contributed by atoms with Crippen LogP contribution in [0.15, 0.2) is 40.8 Å². The minimum Gasteiger partial charge on any atom is -0.338 e. The maximum atomic E-state index is 11.8. The summed E-state index contributed by atoms with van der Waals surface area (Å²) in [7, 11) is -1.92. The van der Waals surface area contributed by atoms with E-state index in [9.17, 15) is 13.2 Å². The van der Waals surface area contributed by atoms with Gasteiger partial charge in [0.05, 0.1) is 0 Å². The molecule has 0 amide bonds. The van der Waals surface area contributed by atoms with Crippen LogP contribution in [0.4, 0.5) is 0 Å². The molecule has 1 aromatic carbocycles. The van der Waals surface area contributed by atoms with Gasteiger partial charge in [-0.1, -0.05) is 44.5 Å². The second-order valence-corrected chi connectivity index (χ2v) is 6.97. The minimum absolute atomic E-state index is 0.0225. The van der Waals surface area contributed by atoms with Gasteiger partial charge in [0.15, 0.2) is 0 Å². The van der Waals surface area contributed by atoms with Crippen LogP contribution in [0.5, 0.6) is 0 Å². The summed E-state index contributed by atoms with van der Waals surface area (Å²) in [5, 5.41) is 0. The zero-order valence-corrected chi connectivity index (χ0v) is 16.3. The average molecular weight is 356 g/mol. The van der Waals surface area contributed by atoms with Crippen LogP contribution in [0.3, 0.4) is 0 Å². The topological polar surface area (TPSA) is 63.7 Å². The molecule has 1 rings (SSSR count). The van der Waals surface area contributed by atoms with E-state index in [4.69, 9.17) is 0 Å². The van der Waals surface area contributed by atoms with Crippen molar-refractivity contribution in [2.24, 2.45) is 0 Å². The molecule has 0 aliphatic rings. The van der Waals surface area contributed by atoms with E-state index < -0.39 is 16.1 Å². The first-order valence-electron chi connectivity index (χ1n) is 8.08. The monoisotopic (exact) mass is 355 g/mol. The van der Waals surface area contributed by atoms with Gasteiger partial charge in [-0.05, 0) is 52.5 Å². The quantitative estimate of drug-likeness (QED) is 0.577. The first-order chi connectivity index (χ1) is 11.2. The van der Waals surface area contributed by atoms with Crippen molar-refractivity contribution in [1.82, 2.24) is 4.90 Å². The largest absolute Gasteiger partial charge is 0.349 e. The van der Waals surface area contributed by atoms with Crippen molar-refractivity contribution in [3.8, 4) is 0 Å². The van der Waals surface area contributed by atoms with Gasteiger partial charge in [0.1, 0.15) is 4.90 Å². The van der Waals surface area contributed by atoms with Gasteiger partial charge in [-0.3, -0.25) is 0 Å². The summed E-state index contributed by atoms with van der Waals surface area (Å²) in [5.41, 5.74) is 1.22. The molecule has 0 aliphatic carbocycles. The van der Waals surface area contributed by atoms with Crippen LogP contribution < -0.4 is 0 Å². The Hall–Kier alpha value is -1.66. The smallest absolute Gasteiger partial charge is 0.338 e. The lowest BCUT2D eigenvalue weighted by Crippen LogP contribution is -2.15. The number of hydrogen-bond acceptors (Lipinski definition) is 5. The van der Waals surface area contributed by atoms with Gasteiger partial charge in [-0.15, -0.1) is 0 Å². The maximum absolute atomic E-state index is 11.8. The summed E-state index contributed by atoms with van der Waals surface area (Å²) in [6, 6.07) is 6.12. The van der Waals surface area contributed by atoms with Crippen LogP contribution in [0.1, 0.15) is 39.7 Å². The molecule has 0 saturated carbocycles. The standard InChI is InChI=1S/C13H16O4S.C5H13N/c1-4-5-11(3)13(14)17-18(15,16)12-8-6-10(2)7-9-12;1-4-6(3)5-2/h5-9H,4H2,1-3H3;4-5H2,1-3H3. The number of carbonyl (C=O) groups excluding carboxylic acids is 1. The predicted octanol–water partition coefficient (Wildman–Crippen LogP) is 3.54. The zero-order valence-electron chi connectivity index (χ0n) is 15.5. The van der Waals surface area contributed by atoms with Gasteiger partial charge in [-0.25, -0.2) is 4.79 Å². The van der Waals surface area contributed by atoms with E-state index in [0.717, 1.165) is 18.7 Å². The van der Waals surface area contributed by atoms with Crippen LogP contribution in [0, 0.1) is 6.92 Å². The molecular weight excluding hydrogens is 326 g/mol. The predicted molar refractivity (Wildman–Crippen MR) is 97.3 cm³/mol. The Bertz CT molecular complexity index is 629. The summed E-state index contributed by atoms with van der Waals surface area (Å²) in [4.78, 5) is 13.7. The third kappa shape index (κ3) is 8.26. The molecule has 0 heterocycles. The molecule has 0 bridgehead atoms. The van der Waals surface area contributed by atoms with Crippen molar-refractivity contribution in [2.75, 3.05) is 20.1 Å². The molecule has 6 heteroatoms. The Morgan fingerprint density at radius 1 is 1.12 bits per heavy atom. The fraction of sp³-hybridized carbons (Fsp3) is 0.500. The molecule has 0 saturated heterocycles. The molecule has 0 fully saturated rings. The molecule has 0 aliphatic heterocycles. The van der Waals surface area contributed by atoms with E-state index in [1.54, 1.807) is 18.2 Å². The molecule has 0 unspecified atom stereocenters. The highest BCUT2D eigenvalue weighted by Crippen LogP contribution is 2.15. The molecule has 0 atom stereocenters. The summed E-state index contributed by atoms with van der Waals surface area (Å²) in [6.45, 7) is 11.9. The summed E-state index contributed by atoms with van der Waals surface area (Å²) in [6.07, 6.45) is 2.26. The lowest BCUT2D eigenvalue weighted by Gasteiger charge is -2.07. The third-order valence-corrected chi connectivity index (χ3v) is 4.63. The molecule has 0 radical (unpaired) electrons. The first kappa shape index (κ1) is 22.3. The number of benzene rings is 1. The number of nitrogens with zero attached hydrogens (tertiary/aromatic N) is 1. The summed E-state index contributed by atoms with van der Waals surface area (Å²) >= 11 is 0. The van der Waals surface area contributed by atoms with Crippen LogP contribution in [-0.4, -0.2) is 39.4 Å². The lowest BCUT2D eigenvalue weighted by molar-refractivity contribution is -0.129. The van der Waals surface area contributed by atoms with Crippen molar-refractivity contribution >= 4 is 16.1 Å². The normalized spacial score (nSPS) is 11.7. The van der Waals surface area contributed by atoms with Crippen molar-refractivity contribution in [2.45, 2.75) is 45.9 Å². The molecule has 0 aromatic heterocycles. The number of aryl methyl sites for hydroxylation is 1. The Balaban J connectivity index is 0.000000754. The second-order valence-electron chi connectivity index (χ2n) is 5.42. The van der Waals surface area contributed by atoms with Crippen LogP contribution in [-0.2, 0) is 19.1 Å². The van der Waals surface area contributed by atoms with Gasteiger partial charge < -0.3 is 9.08 Å². The Morgan fingerprint density at radius 3 is 2.00 bits per heavy atom. The average Bonchev–Trinajstić information content (AvgIpc) is 2.54. The molecular formula is C18H29NO4S. The van der Waals surface area contributed by atoms with Gasteiger partial charge in [0, 0.05) is 5.57 Å². The number of carbonyl (C=O) groups is 1. The van der Waals surface area contributed by atoms with Crippen molar-refractivity contribution in [1.29, 1.82) is 0 Å². The molecule has 0 spiro atoms. The molecule has 1 aromatic rings. The maximum Gasteiger partial charge on any atom is 0.349 e. The first-order valence-corrected chi connectivity index (χ1v) is 9.49. The van der Waals surface area contributed by atoms with Crippen molar-refractivity contribution in [3.05, 3.63) is 41.5 Å². The second kappa shape index (κ2) is 11.0. The number of allylic oxidation sites excluding steroid dienone is 1. The Kier molecular flexibility index (Phi) is 10.2. The summed E-state index contributed by atoms with van der Waals surface area (Å²) in [5.74, 6) is -0.836. The van der Waals surface area contributed by atoms with Gasteiger partial charge in [-0.2, -0.15) is 8.42 Å². The Morgan fingerprint density at radius 2 is 1.62 bits per heavy atom. The number of rotatable bonds is 6. The third-order valence-electron chi connectivity index (χ3n) is 3.41. The minimum atomic E-state index is -4.03. The van der Waals surface area contributed by atoms with Crippen LogP contribution >= 0.6 is 0 Å². The fourth-order valence-electron chi connectivity index (χ4n) is 1.53. The molecule has 136 valence electrons. The van der Waals surface area contributed by atoms with Crippen molar-refractivity contribution in [3.63, 3.8) is 0 Å². The zero-order chi connectivity index (χ0) is 18.8. The van der Waals surface area contributed by atoms with E-state index in [2.05, 4.69) is 30.0 Å². The molecule has 0 N–H and O–H groups in total. The van der Waals surface area contributed by atoms with Crippen LogP contribution in [0.25, 0.3) is 0 Å². The highest BCUT2D eigenvalue weighted by Gasteiger charge is 2.20. The van der Waals surface area contributed by atoms with E-state index in [-0.39, 0.29) is 10.5 Å². The molecule has 24 heavy (non-hydrogen) atoms. The lowest BCUT2D eigenvalue weighted by atomic mass is 10.2. The highest BCUT2D eigenvalue weighted by molar-refractivity contribution is 7.87.